The van der Waals surface area contributed by atoms with E-state index in [0.29, 0.717) is 10.9 Å². The lowest BCUT2D eigenvalue weighted by molar-refractivity contribution is 0.191. The molecule has 4 nitrogen and oxygen atoms in total. The monoisotopic (exact) mass is 358 g/mol. The summed E-state index contributed by atoms with van der Waals surface area (Å²) in [5.74, 6) is 0.247. The van der Waals surface area contributed by atoms with Crippen LogP contribution in [-0.2, 0) is 10.0 Å². The molecule has 0 aliphatic heterocycles. The van der Waals surface area contributed by atoms with Crippen LogP contribution < -0.4 is 10.5 Å². The molecule has 2 unspecified atom stereocenters. The summed E-state index contributed by atoms with van der Waals surface area (Å²) in [5.41, 5.74) is 5.35. The van der Waals surface area contributed by atoms with Crippen LogP contribution in [0.1, 0.15) is 32.6 Å². The molecular weight excluding hydrogens is 339 g/mol. The summed E-state index contributed by atoms with van der Waals surface area (Å²) in [6, 6.07) is 3.13. The van der Waals surface area contributed by atoms with Crippen molar-refractivity contribution in [1.82, 2.24) is 4.72 Å². The van der Waals surface area contributed by atoms with Crippen LogP contribution in [0.3, 0.4) is 0 Å². The summed E-state index contributed by atoms with van der Waals surface area (Å²) in [7, 11) is -3.54. The van der Waals surface area contributed by atoms with Crippen molar-refractivity contribution < 1.29 is 8.42 Å². The smallest absolute Gasteiger partial charge is 0.250 e. The minimum absolute atomic E-state index is 0. The maximum Gasteiger partial charge on any atom is 0.250 e. The number of halogens is 2. The highest BCUT2D eigenvalue weighted by molar-refractivity contribution is 7.91. The number of nitrogens with two attached hydrogens (primary N) is 1. The topological polar surface area (TPSA) is 72.2 Å². The van der Waals surface area contributed by atoms with Gasteiger partial charge in [-0.1, -0.05) is 31.4 Å². The highest BCUT2D eigenvalue weighted by atomic mass is 35.5. The zero-order valence-electron chi connectivity index (χ0n) is 11.3. The van der Waals surface area contributed by atoms with Crippen LogP contribution in [0.15, 0.2) is 16.3 Å². The molecule has 1 heterocycles. The molecule has 20 heavy (non-hydrogen) atoms. The first-order valence-corrected chi connectivity index (χ1v) is 9.07. The molecule has 0 aromatic carbocycles. The second kappa shape index (κ2) is 6.94. The van der Waals surface area contributed by atoms with E-state index in [1.807, 2.05) is 0 Å². The van der Waals surface area contributed by atoms with Crippen LogP contribution in [0.5, 0.6) is 0 Å². The van der Waals surface area contributed by atoms with Gasteiger partial charge in [-0.2, -0.15) is 0 Å². The summed E-state index contributed by atoms with van der Waals surface area (Å²) < 4.78 is 28.4. The first-order chi connectivity index (χ1) is 8.89. The fraction of sp³-hybridized carbons (Fsp3) is 0.667. The van der Waals surface area contributed by atoms with E-state index in [2.05, 4.69) is 11.6 Å². The van der Waals surface area contributed by atoms with E-state index in [-0.39, 0.29) is 22.5 Å². The Labute approximate surface area is 135 Å². The van der Waals surface area contributed by atoms with Gasteiger partial charge in [-0.3, -0.25) is 0 Å². The Bertz CT molecular complexity index is 547. The van der Waals surface area contributed by atoms with Crippen molar-refractivity contribution in [2.75, 3.05) is 6.54 Å². The first kappa shape index (κ1) is 18.2. The van der Waals surface area contributed by atoms with E-state index in [0.717, 1.165) is 37.0 Å². The summed E-state index contributed by atoms with van der Waals surface area (Å²) >= 11 is 6.88. The standard InChI is InChI=1S/C12H19ClN2O2S2.ClH/c1-9-4-2-3-7-12(9,8-14)15-19(16,17)11-6-5-10(13)18-11;/h5-6,9,15H,2-4,7-8,14H2,1H3;1H. The molecule has 0 bridgehead atoms. The predicted octanol–water partition coefficient (Wildman–Crippen LogP) is 3.01. The van der Waals surface area contributed by atoms with Crippen LogP contribution in [0.4, 0.5) is 0 Å². The number of thiophene rings is 1. The summed E-state index contributed by atoms with van der Waals surface area (Å²) in [5, 5.41) is 0. The Kier molecular flexibility index (Phi) is 6.32. The zero-order valence-corrected chi connectivity index (χ0v) is 14.5. The molecule has 1 aromatic rings. The van der Waals surface area contributed by atoms with Crippen LogP contribution in [0.25, 0.3) is 0 Å². The van der Waals surface area contributed by atoms with Crippen LogP contribution >= 0.6 is 35.3 Å². The molecule has 1 aromatic heterocycles. The van der Waals surface area contributed by atoms with Gasteiger partial charge in [-0.15, -0.1) is 23.7 Å². The Balaban J connectivity index is 0.00000200. The molecule has 1 aliphatic carbocycles. The maximum absolute atomic E-state index is 12.4. The van der Waals surface area contributed by atoms with E-state index < -0.39 is 15.6 Å². The minimum Gasteiger partial charge on any atom is -0.329 e. The van der Waals surface area contributed by atoms with Crippen molar-refractivity contribution in [2.45, 2.75) is 42.4 Å². The fourth-order valence-electron chi connectivity index (χ4n) is 2.67. The third-order valence-corrected chi connectivity index (χ3v) is 7.24. The van der Waals surface area contributed by atoms with Gasteiger partial charge in [0, 0.05) is 12.1 Å². The number of sulfonamides is 1. The lowest BCUT2D eigenvalue weighted by atomic mass is 9.74. The summed E-state index contributed by atoms with van der Waals surface area (Å²) in [6.45, 7) is 2.39. The molecule has 1 aliphatic rings. The average Bonchev–Trinajstić information content (AvgIpc) is 2.80. The molecule has 8 heteroatoms. The van der Waals surface area contributed by atoms with E-state index >= 15 is 0 Å². The van der Waals surface area contributed by atoms with Crippen LogP contribution in [0, 0.1) is 5.92 Å². The molecule has 2 atom stereocenters. The third kappa shape index (κ3) is 3.67. The molecular formula is C12H20Cl2N2O2S2. The fourth-order valence-corrected chi connectivity index (χ4v) is 5.69. The molecule has 1 fully saturated rings. The van der Waals surface area contributed by atoms with Gasteiger partial charge in [0.15, 0.2) is 0 Å². The van der Waals surface area contributed by atoms with Gasteiger partial charge in [0.25, 0.3) is 10.0 Å². The lowest BCUT2D eigenvalue weighted by Gasteiger charge is -2.42. The third-order valence-electron chi connectivity index (χ3n) is 3.97. The van der Waals surface area contributed by atoms with Crippen molar-refractivity contribution in [3.05, 3.63) is 16.5 Å². The van der Waals surface area contributed by atoms with Crippen molar-refractivity contribution in [2.24, 2.45) is 11.7 Å². The molecule has 1 saturated carbocycles. The van der Waals surface area contributed by atoms with Crippen molar-refractivity contribution in [3.63, 3.8) is 0 Å². The molecule has 0 spiro atoms. The van der Waals surface area contributed by atoms with Gasteiger partial charge < -0.3 is 5.73 Å². The van der Waals surface area contributed by atoms with E-state index in [9.17, 15) is 8.42 Å². The van der Waals surface area contributed by atoms with Crippen LogP contribution in [-0.4, -0.2) is 20.5 Å². The first-order valence-electron chi connectivity index (χ1n) is 6.39. The van der Waals surface area contributed by atoms with Gasteiger partial charge in [-0.05, 0) is 30.9 Å². The minimum atomic E-state index is -3.54. The molecule has 0 radical (unpaired) electrons. The van der Waals surface area contributed by atoms with Gasteiger partial charge >= 0.3 is 0 Å². The molecule has 2 rings (SSSR count). The molecule has 3 N–H and O–H groups in total. The second-order valence-corrected chi connectivity index (χ2v) is 8.80. The van der Waals surface area contributed by atoms with Gasteiger partial charge in [-0.25, -0.2) is 13.1 Å². The Hall–Kier alpha value is 0.150. The van der Waals surface area contributed by atoms with E-state index in [1.54, 1.807) is 6.07 Å². The zero-order chi connectivity index (χ0) is 14.1. The second-order valence-electron chi connectivity index (χ2n) is 5.17. The number of hydrogen-bond acceptors (Lipinski definition) is 4. The van der Waals surface area contributed by atoms with Crippen molar-refractivity contribution in [3.8, 4) is 0 Å². The lowest BCUT2D eigenvalue weighted by Crippen LogP contribution is -2.58. The highest BCUT2D eigenvalue weighted by Crippen LogP contribution is 2.35. The quantitative estimate of drug-likeness (QED) is 0.868. The van der Waals surface area contributed by atoms with Gasteiger partial charge in [0.05, 0.1) is 4.34 Å². The molecule has 116 valence electrons. The summed E-state index contributed by atoms with van der Waals surface area (Å²) in [6.07, 6.45) is 3.94. The number of rotatable bonds is 4. The Morgan fingerprint density at radius 3 is 2.70 bits per heavy atom. The predicted molar refractivity (Wildman–Crippen MR) is 86.3 cm³/mol. The number of nitrogens with one attached hydrogen (secondary N) is 1. The molecule has 0 amide bonds. The normalized spacial score (nSPS) is 27.1. The average molecular weight is 359 g/mol. The molecule has 0 saturated heterocycles. The summed E-state index contributed by atoms with van der Waals surface area (Å²) in [4.78, 5) is 0. The SMILES string of the molecule is CC1CCCCC1(CN)NS(=O)(=O)c1ccc(Cl)s1.Cl. The van der Waals surface area contributed by atoms with Gasteiger partial charge in [0.2, 0.25) is 0 Å². The number of hydrogen-bond donors (Lipinski definition) is 2. The maximum atomic E-state index is 12.4. The van der Waals surface area contributed by atoms with Gasteiger partial charge in [0.1, 0.15) is 4.21 Å². The Morgan fingerprint density at radius 2 is 2.20 bits per heavy atom. The van der Waals surface area contributed by atoms with E-state index in [1.165, 1.54) is 6.07 Å². The van der Waals surface area contributed by atoms with Crippen molar-refractivity contribution >= 4 is 45.4 Å². The largest absolute Gasteiger partial charge is 0.329 e. The Morgan fingerprint density at radius 1 is 1.50 bits per heavy atom. The highest BCUT2D eigenvalue weighted by Gasteiger charge is 2.40. The van der Waals surface area contributed by atoms with E-state index in [4.69, 9.17) is 17.3 Å². The van der Waals surface area contributed by atoms with Crippen molar-refractivity contribution in [1.29, 1.82) is 0 Å². The van der Waals surface area contributed by atoms with Crippen LogP contribution in [0.2, 0.25) is 4.34 Å².